The highest BCUT2D eigenvalue weighted by molar-refractivity contribution is 8.77. The van der Waals surface area contributed by atoms with Crippen LogP contribution in [0.4, 0.5) is 14.4 Å². The van der Waals surface area contributed by atoms with Gasteiger partial charge in [0, 0.05) is 144 Å². The van der Waals surface area contributed by atoms with Crippen LogP contribution in [0, 0.1) is 5.92 Å². The van der Waals surface area contributed by atoms with Gasteiger partial charge in [-0.2, -0.15) is 35.3 Å². The minimum absolute atomic E-state index is 0. The highest BCUT2D eigenvalue weighted by atomic mass is 33.1. The van der Waals surface area contributed by atoms with Gasteiger partial charge in [0.15, 0.2) is 0 Å². The predicted octanol–water partition coefficient (Wildman–Crippen LogP) is 26.9. The van der Waals surface area contributed by atoms with E-state index in [1.807, 2.05) is 35.3 Å². The van der Waals surface area contributed by atoms with Crippen LogP contribution in [-0.2, 0) is 43.2 Å². The Kier molecular flexibility index (Phi) is 170. The van der Waals surface area contributed by atoms with Gasteiger partial charge in [0.1, 0.15) is 11.6 Å². The van der Waals surface area contributed by atoms with Crippen LogP contribution in [0.1, 0.15) is 395 Å². The molecule has 23 nitrogen and oxygen atoms in total. The summed E-state index contributed by atoms with van der Waals surface area (Å²) in [4.78, 5) is 133. The third kappa shape index (κ3) is 79.9. The first kappa shape index (κ1) is 185. The Labute approximate surface area is 806 Å². The third-order valence-corrected chi connectivity index (χ3v) is 28.4. The minimum atomic E-state index is -0.606. The van der Waals surface area contributed by atoms with Crippen molar-refractivity contribution in [1.82, 2.24) is 52.9 Å². The Balaban J connectivity index is -0.0000000477. The summed E-state index contributed by atoms with van der Waals surface area (Å²) in [7, 11) is 9.98. The highest BCUT2D eigenvalue weighted by Gasteiger charge is 2.45. The van der Waals surface area contributed by atoms with E-state index >= 15 is 0 Å². The van der Waals surface area contributed by atoms with Crippen LogP contribution in [0.5, 0.6) is 0 Å². The number of nitrogens with zero attached hydrogens (tertiary/aromatic N) is 1. The highest BCUT2D eigenvalue weighted by Crippen LogP contribution is 2.36. The Morgan fingerprint density at radius 2 is 0.659 bits per heavy atom. The van der Waals surface area contributed by atoms with Crippen LogP contribution in [0.3, 0.4) is 0 Å². The van der Waals surface area contributed by atoms with E-state index in [2.05, 4.69) is 68.6 Å². The number of urea groups is 3. The van der Waals surface area contributed by atoms with Crippen LogP contribution >= 0.6 is 100 Å². The third-order valence-electron chi connectivity index (χ3n) is 16.5. The van der Waals surface area contributed by atoms with Crippen LogP contribution in [0.15, 0.2) is 0 Å². The van der Waals surface area contributed by atoms with E-state index in [9.17, 15) is 52.7 Å². The lowest BCUT2D eigenvalue weighted by Crippen LogP contribution is -2.36. The van der Waals surface area contributed by atoms with Gasteiger partial charge in [-0.15, -0.1) is 5.06 Å². The molecule has 0 aromatic rings. The molecular weight excluding hydrogens is 1730 g/mol. The first-order valence-corrected chi connectivity index (χ1v) is 45.5. The number of Topliss-reactive ketones (excluding diaryl/α,β-unsaturated/α-hetero) is 2. The molecule has 7 saturated heterocycles. The van der Waals surface area contributed by atoms with E-state index in [1.165, 1.54) is 34.4 Å². The summed E-state index contributed by atoms with van der Waals surface area (Å²) >= 11 is 5.75. The normalized spacial score (nSPS) is 18.1. The number of amides is 11. The second kappa shape index (κ2) is 113. The van der Waals surface area contributed by atoms with Crippen molar-refractivity contribution in [2.24, 2.45) is 11.7 Å². The van der Waals surface area contributed by atoms with Crippen molar-refractivity contribution in [3.05, 3.63) is 0 Å². The number of carbonyl (C=O) groups is 11. The van der Waals surface area contributed by atoms with Crippen LogP contribution in [0.25, 0.3) is 0 Å². The Bertz CT molecular complexity index is 2300. The summed E-state index contributed by atoms with van der Waals surface area (Å²) in [6.45, 7) is 10.9. The van der Waals surface area contributed by atoms with Crippen molar-refractivity contribution in [3.8, 4) is 0 Å². The number of thioether (sulfide) groups is 3. The number of imide groups is 1. The van der Waals surface area contributed by atoms with Crippen molar-refractivity contribution in [2.45, 2.75) is 447 Å². The van der Waals surface area contributed by atoms with E-state index in [4.69, 9.17) is 10.6 Å². The van der Waals surface area contributed by atoms with E-state index in [1.54, 1.807) is 50.1 Å². The zero-order valence-corrected chi connectivity index (χ0v) is 64.3. The fourth-order valence-corrected chi connectivity index (χ4v) is 21.7. The summed E-state index contributed by atoms with van der Waals surface area (Å²) in [6.07, 6.45) is 21.9. The average molecular weight is 1950 g/mol. The quantitative estimate of drug-likeness (QED) is 0.0117. The molecule has 123 heavy (non-hydrogen) atoms. The molecule has 32 heteroatoms. The first-order valence-electron chi connectivity index (χ1n) is 34.9. The maximum absolute atomic E-state index is 12.0. The maximum Gasteiger partial charge on any atom is 0.334 e. The van der Waals surface area contributed by atoms with Gasteiger partial charge < -0.3 is 58.4 Å². The molecule has 7 aliphatic heterocycles. The number of carbonyl (C=O) groups excluding carboxylic acids is 11. The second-order valence-corrected chi connectivity index (χ2v) is 36.5. The Morgan fingerprint density at radius 3 is 0.967 bits per heavy atom. The number of hydrogen-bond donors (Lipinski definition) is 10. The molecular formula is C91H219N11O12S9. The van der Waals surface area contributed by atoms with Gasteiger partial charge in [-0.05, 0) is 77.2 Å². The van der Waals surface area contributed by atoms with Gasteiger partial charge in [-0.25, -0.2) is 19.2 Å². The van der Waals surface area contributed by atoms with Gasteiger partial charge >= 0.3 is 24.1 Å². The molecule has 0 radical (unpaired) electrons. The van der Waals surface area contributed by atoms with E-state index in [0.29, 0.717) is 95.4 Å². The fraction of sp³-hybridized carbons (Fsp3) is 0.879. The minimum Gasteiger partial charge on any atom is -0.356 e. The molecule has 0 spiro atoms. The lowest BCUT2D eigenvalue weighted by molar-refractivity contribution is -0.197. The lowest BCUT2D eigenvalue weighted by Gasteiger charge is -2.16. The van der Waals surface area contributed by atoms with Gasteiger partial charge in [-0.1, -0.05) is 332 Å². The molecule has 0 aromatic carbocycles. The molecule has 0 bridgehead atoms. The lowest BCUT2D eigenvalue weighted by atomic mass is 10.0. The molecule has 0 saturated carbocycles. The number of nitrogens with two attached hydrogens (primary N) is 1. The molecule has 11 amide bonds. The number of ketones is 2. The molecule has 7 fully saturated rings. The zero-order valence-electron chi connectivity index (χ0n) is 56.9. The topological polar surface area (TPSA) is 335 Å². The van der Waals surface area contributed by atoms with Gasteiger partial charge in [0.25, 0.3) is 11.8 Å². The van der Waals surface area contributed by atoms with Crippen LogP contribution < -0.4 is 53.6 Å². The monoisotopic (exact) mass is 1950 g/mol. The molecule has 10 atom stereocenters. The van der Waals surface area contributed by atoms with E-state index in [-0.39, 0.29) is 285 Å². The largest absolute Gasteiger partial charge is 0.356 e. The molecule has 7 heterocycles. The Morgan fingerprint density at radius 1 is 0.366 bits per heavy atom. The number of rotatable bonds is 47. The van der Waals surface area contributed by atoms with E-state index < -0.39 is 23.7 Å². The maximum atomic E-state index is 12.0. The summed E-state index contributed by atoms with van der Waals surface area (Å²) < 4.78 is 0. The first-order chi connectivity index (χ1) is 46.5. The van der Waals surface area contributed by atoms with Crippen LogP contribution in [0.2, 0.25) is 0 Å². The van der Waals surface area contributed by atoms with Gasteiger partial charge in [-0.3, -0.25) is 33.6 Å². The van der Waals surface area contributed by atoms with Crippen LogP contribution in [-0.4, -0.2) is 200 Å². The SMILES string of the molecule is C.C.C.C.C.C.C.C.C.C.C.C.C.C.C.C.C.C.C.C.C.C.C.C.C.C.C.CC1CC(=O)N(OC(=O)CCSSCCNC(=O)CCCCC2SCC3NC(=O)NC32)C1=O.CCCCN.CCCCNC(=O)CCSSCCCC(=O)CCCCC1SCC2NC(=O)NC21.CCCCNC(=O)CCSSCCCC(=O)CCCCC1SCC2NC(=O)NC21. The molecule has 764 valence electrons. The average Bonchev–Trinajstić information content (AvgIpc) is 1.68. The van der Waals surface area contributed by atoms with Gasteiger partial charge in [0.2, 0.25) is 17.7 Å². The summed E-state index contributed by atoms with van der Waals surface area (Å²) in [6, 6.07) is 1.39. The van der Waals surface area contributed by atoms with E-state index in [0.717, 1.165) is 156 Å². The second-order valence-electron chi connectivity index (χ2n) is 24.6. The molecule has 10 unspecified atom stereocenters. The molecule has 0 aromatic heterocycles. The summed E-state index contributed by atoms with van der Waals surface area (Å²) in [5.41, 5.74) is 5.14. The van der Waals surface area contributed by atoms with Crippen molar-refractivity contribution in [3.63, 3.8) is 0 Å². The van der Waals surface area contributed by atoms with Crippen molar-refractivity contribution < 1.29 is 57.6 Å². The molecule has 7 aliphatic rings. The predicted molar refractivity (Wildman–Crippen MR) is 585 cm³/mol. The molecule has 7 rings (SSSR count). The van der Waals surface area contributed by atoms with Gasteiger partial charge in [0.05, 0.1) is 42.7 Å². The number of unbranched alkanes of at least 4 members (excludes halogenated alkanes) is 6. The number of hydroxylamine groups is 2. The summed E-state index contributed by atoms with van der Waals surface area (Å²) in [5, 5.41) is 28.6. The molecule has 11 N–H and O–H groups in total. The smallest absolute Gasteiger partial charge is 0.334 e. The van der Waals surface area contributed by atoms with Crippen molar-refractivity contribution in [2.75, 3.05) is 78.0 Å². The van der Waals surface area contributed by atoms with Crippen molar-refractivity contribution in [1.29, 1.82) is 0 Å². The summed E-state index contributed by atoms with van der Waals surface area (Å²) in [5.74, 6) is 6.72. The molecule has 0 aliphatic carbocycles. The number of fused-ring (bicyclic) bond motifs is 3. The number of nitrogens with one attached hydrogen (secondary N) is 9. The number of hydrogen-bond acceptors (Lipinski definition) is 22. The Hall–Kier alpha value is -2.72. The fourth-order valence-electron chi connectivity index (χ4n) is 11.1. The zero-order chi connectivity index (χ0) is 69.7. The van der Waals surface area contributed by atoms with Crippen molar-refractivity contribution >= 4 is 165 Å². The standard InChI is InChI=1S/C20H30N4O6S3.2C20H35N3O3S3.C4H11N.27CH4/c1-12-10-16(26)24(19(12)28)30-17(27)6-8-32-33-9-7-21-15(25)5-3-2-4-14-18-13(11-31-14)22-20(29)23-18;2*1-2-3-11-21-18(25)10-13-29-28-12-6-8-15(24)7-4-5-9-17-19-16(14-27-17)22-20(26)23-19;1-2-3-4-5;;;;;;;;;;;;;;;;;;;;;;;;;;;/h12-14,18H,2-11H2,1H3,(H,21,25)(H2,22,23,29);2*16-17,19H,2-14H2,1H3,(H,21,25)(H2,22,23,26);2-5H2,1H3;27*1H4.